The number of aromatic nitrogens is 1. The van der Waals surface area contributed by atoms with Crippen LogP contribution >= 0.6 is 23.2 Å². The van der Waals surface area contributed by atoms with E-state index >= 15 is 0 Å². The van der Waals surface area contributed by atoms with Crippen molar-refractivity contribution < 1.29 is 14.3 Å². The van der Waals surface area contributed by atoms with Crippen LogP contribution in [-0.4, -0.2) is 24.7 Å². The maximum Gasteiger partial charge on any atom is 0.328 e. The summed E-state index contributed by atoms with van der Waals surface area (Å²) in [5, 5.41) is 9.35. The van der Waals surface area contributed by atoms with Crippen LogP contribution in [0.3, 0.4) is 0 Å². The summed E-state index contributed by atoms with van der Waals surface area (Å²) in [4.78, 5) is 15.8. The predicted octanol–water partition coefficient (Wildman–Crippen LogP) is 3.20. The lowest BCUT2D eigenvalue weighted by atomic mass is 10.0. The molecule has 0 saturated carbocycles. The molecule has 0 aliphatic carbocycles. The monoisotopic (exact) mass is 316 g/mol. The maximum atomic E-state index is 12.0. The van der Waals surface area contributed by atoms with Crippen molar-refractivity contribution in [1.82, 2.24) is 4.98 Å². The molecule has 0 amide bonds. The van der Waals surface area contributed by atoms with E-state index in [-0.39, 0.29) is 34.0 Å². The minimum absolute atomic E-state index is 0.0352. The molecule has 0 aliphatic heterocycles. The van der Waals surface area contributed by atoms with Crippen LogP contribution in [0, 0.1) is 17.2 Å². The topological polar surface area (TPSA) is 72.2 Å². The first-order valence-electron chi connectivity index (χ1n) is 5.86. The lowest BCUT2D eigenvalue weighted by Gasteiger charge is -2.15. The third kappa shape index (κ3) is 3.75. The molecular weight excluding hydrogens is 303 g/mol. The van der Waals surface area contributed by atoms with Crippen molar-refractivity contribution in [3.05, 3.63) is 21.8 Å². The van der Waals surface area contributed by atoms with Crippen molar-refractivity contribution >= 4 is 29.2 Å². The molecule has 1 rings (SSSR count). The molecule has 1 unspecified atom stereocenters. The average Bonchev–Trinajstić information content (AvgIpc) is 2.41. The molecular formula is C13H14Cl2N2O3. The van der Waals surface area contributed by atoms with Crippen LogP contribution in [0.15, 0.2) is 6.20 Å². The highest BCUT2D eigenvalue weighted by Crippen LogP contribution is 2.36. The fraction of sp³-hybridized carbons (Fsp3) is 0.462. The first-order valence-corrected chi connectivity index (χ1v) is 6.62. The number of methoxy groups -OCH3 is 1. The third-order valence-electron chi connectivity index (χ3n) is 2.38. The van der Waals surface area contributed by atoms with Gasteiger partial charge in [-0.3, -0.25) is 4.79 Å². The molecule has 1 heterocycles. The van der Waals surface area contributed by atoms with E-state index in [0.717, 1.165) is 0 Å². The van der Waals surface area contributed by atoms with Crippen LogP contribution < -0.4 is 4.74 Å². The molecule has 0 spiro atoms. The van der Waals surface area contributed by atoms with Gasteiger partial charge in [0, 0.05) is 11.8 Å². The summed E-state index contributed by atoms with van der Waals surface area (Å²) in [5.74, 6) is -1.65. The van der Waals surface area contributed by atoms with Gasteiger partial charge in [-0.05, 0) is 5.92 Å². The number of carbonyl (C=O) groups is 1. The molecule has 1 aromatic heterocycles. The fourth-order valence-corrected chi connectivity index (χ4v) is 2.07. The molecule has 1 aromatic rings. The first kappa shape index (κ1) is 16.5. The summed E-state index contributed by atoms with van der Waals surface area (Å²) in [6, 6.07) is 1.85. The summed E-state index contributed by atoms with van der Waals surface area (Å²) in [6.45, 7) is 4.00. The van der Waals surface area contributed by atoms with E-state index in [4.69, 9.17) is 32.7 Å². The van der Waals surface area contributed by atoms with E-state index in [1.807, 2.05) is 19.9 Å². The van der Waals surface area contributed by atoms with Gasteiger partial charge in [0.15, 0.2) is 5.92 Å². The van der Waals surface area contributed by atoms with Crippen LogP contribution in [0.2, 0.25) is 10.0 Å². The minimum Gasteiger partial charge on any atom is -0.480 e. The maximum absolute atomic E-state index is 12.0. The van der Waals surface area contributed by atoms with E-state index in [0.29, 0.717) is 0 Å². The molecule has 108 valence electrons. The number of nitrogens with zero attached hydrogens (tertiary/aromatic N) is 2. The Morgan fingerprint density at radius 1 is 1.50 bits per heavy atom. The first-order chi connectivity index (χ1) is 9.42. The van der Waals surface area contributed by atoms with Crippen LogP contribution in [0.5, 0.6) is 5.88 Å². The fourth-order valence-electron chi connectivity index (χ4n) is 1.44. The van der Waals surface area contributed by atoms with Gasteiger partial charge in [0.05, 0.1) is 24.8 Å². The van der Waals surface area contributed by atoms with Crippen molar-refractivity contribution in [1.29, 1.82) is 5.26 Å². The standard InChI is InChI=1S/C13H14Cl2N2O3/c1-7(2)6-20-13(18)8(4-16)10-9(14)5-17-12(19-3)11(10)15/h5,7-8H,6H2,1-3H3. The Kier molecular flexibility index (Phi) is 6.05. The van der Waals surface area contributed by atoms with Crippen molar-refractivity contribution in [2.45, 2.75) is 19.8 Å². The highest BCUT2D eigenvalue weighted by molar-refractivity contribution is 6.37. The molecule has 0 bridgehead atoms. The summed E-state index contributed by atoms with van der Waals surface area (Å²) < 4.78 is 10.0. The molecule has 0 fully saturated rings. The van der Waals surface area contributed by atoms with Crippen LogP contribution in [0.25, 0.3) is 0 Å². The van der Waals surface area contributed by atoms with Crippen LogP contribution in [0.1, 0.15) is 25.3 Å². The zero-order valence-electron chi connectivity index (χ0n) is 11.3. The molecule has 20 heavy (non-hydrogen) atoms. The Hall–Kier alpha value is -1.51. The lowest BCUT2D eigenvalue weighted by molar-refractivity contribution is -0.145. The molecule has 0 aliphatic rings. The zero-order valence-corrected chi connectivity index (χ0v) is 12.8. The number of ether oxygens (including phenoxy) is 2. The van der Waals surface area contributed by atoms with Crippen molar-refractivity contribution in [3.8, 4) is 11.9 Å². The molecule has 0 N–H and O–H groups in total. The molecule has 1 atom stereocenters. The van der Waals surface area contributed by atoms with Crippen LogP contribution in [0.4, 0.5) is 0 Å². The number of hydrogen-bond acceptors (Lipinski definition) is 5. The second-order valence-electron chi connectivity index (χ2n) is 4.43. The van der Waals surface area contributed by atoms with Gasteiger partial charge in [-0.25, -0.2) is 4.98 Å². The second kappa shape index (κ2) is 7.32. The Bertz CT molecular complexity index is 541. The van der Waals surface area contributed by atoms with E-state index in [1.165, 1.54) is 13.3 Å². The Morgan fingerprint density at radius 3 is 2.65 bits per heavy atom. The van der Waals surface area contributed by atoms with Crippen molar-refractivity contribution in [3.63, 3.8) is 0 Å². The SMILES string of the molecule is COc1ncc(Cl)c(C(C#N)C(=O)OCC(C)C)c1Cl. The highest BCUT2D eigenvalue weighted by atomic mass is 35.5. The Labute approximate surface area is 127 Å². The molecule has 5 nitrogen and oxygen atoms in total. The van der Waals surface area contributed by atoms with Gasteiger partial charge in [-0.15, -0.1) is 0 Å². The van der Waals surface area contributed by atoms with E-state index in [2.05, 4.69) is 4.98 Å². The van der Waals surface area contributed by atoms with Gasteiger partial charge in [0.25, 0.3) is 0 Å². The number of rotatable bonds is 5. The van der Waals surface area contributed by atoms with Gasteiger partial charge >= 0.3 is 5.97 Å². The van der Waals surface area contributed by atoms with Gasteiger partial charge in [-0.2, -0.15) is 5.26 Å². The molecule has 0 aromatic carbocycles. The molecule has 7 heteroatoms. The van der Waals surface area contributed by atoms with Gasteiger partial charge in [0.1, 0.15) is 5.02 Å². The number of esters is 1. The smallest absolute Gasteiger partial charge is 0.328 e. The molecule has 0 radical (unpaired) electrons. The van der Waals surface area contributed by atoms with Gasteiger partial charge in [0.2, 0.25) is 5.88 Å². The van der Waals surface area contributed by atoms with Gasteiger partial charge < -0.3 is 9.47 Å². The number of halogens is 2. The summed E-state index contributed by atoms with van der Waals surface area (Å²) >= 11 is 12.0. The summed E-state index contributed by atoms with van der Waals surface area (Å²) in [7, 11) is 1.38. The normalized spacial score (nSPS) is 11.8. The molecule has 0 saturated heterocycles. The second-order valence-corrected chi connectivity index (χ2v) is 5.21. The highest BCUT2D eigenvalue weighted by Gasteiger charge is 2.29. The quantitative estimate of drug-likeness (QED) is 0.780. The number of hydrogen-bond donors (Lipinski definition) is 0. The predicted molar refractivity (Wildman–Crippen MR) is 75.0 cm³/mol. The van der Waals surface area contributed by atoms with E-state index in [1.54, 1.807) is 0 Å². The number of pyridine rings is 1. The Morgan fingerprint density at radius 2 is 2.15 bits per heavy atom. The number of carbonyl (C=O) groups excluding carboxylic acids is 1. The Balaban J connectivity index is 3.13. The lowest BCUT2D eigenvalue weighted by Crippen LogP contribution is -2.18. The largest absolute Gasteiger partial charge is 0.480 e. The third-order valence-corrected chi connectivity index (χ3v) is 3.05. The summed E-state index contributed by atoms with van der Waals surface area (Å²) in [6.07, 6.45) is 1.28. The number of nitriles is 1. The van der Waals surface area contributed by atoms with Crippen LogP contribution in [-0.2, 0) is 9.53 Å². The zero-order chi connectivity index (χ0) is 15.3. The van der Waals surface area contributed by atoms with Crippen molar-refractivity contribution in [2.24, 2.45) is 5.92 Å². The van der Waals surface area contributed by atoms with Gasteiger partial charge in [-0.1, -0.05) is 37.0 Å². The van der Waals surface area contributed by atoms with E-state index < -0.39 is 11.9 Å². The van der Waals surface area contributed by atoms with Crippen molar-refractivity contribution in [2.75, 3.05) is 13.7 Å². The summed E-state index contributed by atoms with van der Waals surface area (Å²) in [5.41, 5.74) is 0.149. The minimum atomic E-state index is -1.22. The van der Waals surface area contributed by atoms with E-state index in [9.17, 15) is 10.1 Å². The average molecular weight is 317 g/mol.